The minimum absolute atomic E-state index is 0.368. The Labute approximate surface area is 116 Å². The summed E-state index contributed by atoms with van der Waals surface area (Å²) in [5.41, 5.74) is 10.2. The van der Waals surface area contributed by atoms with E-state index in [1.165, 1.54) is 6.21 Å². The summed E-state index contributed by atoms with van der Waals surface area (Å²) >= 11 is 0. The van der Waals surface area contributed by atoms with Crippen molar-refractivity contribution in [1.29, 1.82) is 5.26 Å². The Morgan fingerprint density at radius 3 is 2.55 bits per heavy atom. The molecular weight excluding hydrogens is 252 g/mol. The van der Waals surface area contributed by atoms with Crippen molar-refractivity contribution < 1.29 is 4.79 Å². The molecule has 0 bridgehead atoms. The summed E-state index contributed by atoms with van der Waals surface area (Å²) in [5.74, 6) is -0.368. The van der Waals surface area contributed by atoms with E-state index in [-0.39, 0.29) is 5.91 Å². The van der Waals surface area contributed by atoms with Crippen molar-refractivity contribution in [2.24, 2.45) is 5.10 Å². The number of carbonyl (C=O) groups excluding carboxylic acids is 1. The maximum atomic E-state index is 11.8. The van der Waals surface area contributed by atoms with Crippen LogP contribution in [0.2, 0.25) is 0 Å². The molecule has 0 fully saturated rings. The van der Waals surface area contributed by atoms with Gasteiger partial charge >= 0.3 is 0 Å². The Morgan fingerprint density at radius 1 is 1.20 bits per heavy atom. The third kappa shape index (κ3) is 3.21. The largest absolute Gasteiger partial charge is 0.398 e. The Kier molecular flexibility index (Phi) is 4.10. The van der Waals surface area contributed by atoms with Crippen molar-refractivity contribution >= 4 is 17.8 Å². The van der Waals surface area contributed by atoms with Gasteiger partial charge in [0.25, 0.3) is 5.91 Å². The molecule has 98 valence electrons. The normalized spacial score (nSPS) is 10.2. The van der Waals surface area contributed by atoms with Crippen molar-refractivity contribution in [3.05, 3.63) is 65.2 Å². The third-order valence-electron chi connectivity index (χ3n) is 2.62. The smallest absolute Gasteiger partial charge is 0.273 e. The Morgan fingerprint density at radius 2 is 1.90 bits per heavy atom. The highest BCUT2D eigenvalue weighted by molar-refractivity contribution is 5.99. The van der Waals surface area contributed by atoms with Crippen molar-refractivity contribution in [3.63, 3.8) is 0 Å². The van der Waals surface area contributed by atoms with Gasteiger partial charge in [0, 0.05) is 5.69 Å². The number of hydrazone groups is 1. The molecule has 1 amide bonds. The maximum absolute atomic E-state index is 11.8. The van der Waals surface area contributed by atoms with Gasteiger partial charge in [-0.3, -0.25) is 4.79 Å². The van der Waals surface area contributed by atoms with E-state index in [1.807, 2.05) is 6.07 Å². The molecule has 2 aromatic rings. The molecule has 0 radical (unpaired) electrons. The third-order valence-corrected chi connectivity index (χ3v) is 2.62. The predicted molar refractivity (Wildman–Crippen MR) is 77.1 cm³/mol. The van der Waals surface area contributed by atoms with Crippen molar-refractivity contribution in [2.75, 3.05) is 5.73 Å². The van der Waals surface area contributed by atoms with Crippen molar-refractivity contribution in [1.82, 2.24) is 5.43 Å². The maximum Gasteiger partial charge on any atom is 0.273 e. The molecule has 0 heterocycles. The molecule has 0 aliphatic carbocycles. The van der Waals surface area contributed by atoms with Crippen LogP contribution in [-0.4, -0.2) is 12.1 Å². The van der Waals surface area contributed by atoms with E-state index in [0.29, 0.717) is 16.8 Å². The fourth-order valence-electron chi connectivity index (χ4n) is 1.57. The van der Waals surface area contributed by atoms with Gasteiger partial charge in [0.05, 0.1) is 23.4 Å². The highest BCUT2D eigenvalue weighted by Gasteiger charge is 2.06. The van der Waals surface area contributed by atoms with E-state index >= 15 is 0 Å². The number of anilines is 1. The molecule has 2 rings (SSSR count). The number of nitrogen functional groups attached to an aromatic ring is 1. The van der Waals surface area contributed by atoms with E-state index in [4.69, 9.17) is 11.0 Å². The van der Waals surface area contributed by atoms with Crippen LogP contribution in [0.5, 0.6) is 0 Å². The Hall–Kier alpha value is -3.13. The number of benzene rings is 2. The lowest BCUT2D eigenvalue weighted by molar-refractivity contribution is 0.0956. The second-order valence-corrected chi connectivity index (χ2v) is 4.02. The molecule has 0 aliphatic rings. The number of rotatable bonds is 3. The number of amides is 1. The molecule has 5 heteroatoms. The van der Waals surface area contributed by atoms with Crippen LogP contribution in [0.15, 0.2) is 53.6 Å². The second-order valence-electron chi connectivity index (χ2n) is 4.02. The molecule has 20 heavy (non-hydrogen) atoms. The lowest BCUT2D eigenvalue weighted by Crippen LogP contribution is -2.18. The van der Waals surface area contributed by atoms with Crippen LogP contribution < -0.4 is 11.2 Å². The molecule has 5 nitrogen and oxygen atoms in total. The first kappa shape index (κ1) is 13.3. The minimum Gasteiger partial charge on any atom is -0.398 e. The van der Waals surface area contributed by atoms with Crippen molar-refractivity contribution in [2.45, 2.75) is 0 Å². The zero-order valence-corrected chi connectivity index (χ0v) is 10.6. The predicted octanol–water partition coefficient (Wildman–Crippen LogP) is 1.90. The topological polar surface area (TPSA) is 91.3 Å². The van der Waals surface area contributed by atoms with Crippen LogP contribution in [0.25, 0.3) is 0 Å². The SMILES string of the molecule is N#Cc1ccc(C=NNC(=O)c2ccccc2N)cc1. The number of hydrogen-bond acceptors (Lipinski definition) is 4. The quantitative estimate of drug-likeness (QED) is 0.504. The van der Waals surface area contributed by atoms with Gasteiger partial charge < -0.3 is 5.73 Å². The van der Waals surface area contributed by atoms with Crippen LogP contribution >= 0.6 is 0 Å². The minimum atomic E-state index is -0.368. The van der Waals surface area contributed by atoms with E-state index in [9.17, 15) is 4.79 Å². The summed E-state index contributed by atoms with van der Waals surface area (Å²) in [6, 6.07) is 15.6. The molecule has 0 unspecified atom stereocenters. The summed E-state index contributed by atoms with van der Waals surface area (Å²) in [6.07, 6.45) is 1.50. The highest BCUT2D eigenvalue weighted by atomic mass is 16.2. The first-order chi connectivity index (χ1) is 9.70. The molecule has 0 saturated heterocycles. The van der Waals surface area contributed by atoms with Gasteiger partial charge in [0.2, 0.25) is 0 Å². The molecule has 0 aliphatic heterocycles. The first-order valence-corrected chi connectivity index (χ1v) is 5.89. The van der Waals surface area contributed by atoms with Gasteiger partial charge in [-0.15, -0.1) is 0 Å². The molecule has 3 N–H and O–H groups in total. The summed E-state index contributed by atoms with van der Waals surface area (Å²) in [4.78, 5) is 11.8. The summed E-state index contributed by atoms with van der Waals surface area (Å²) in [7, 11) is 0. The molecule has 0 atom stereocenters. The number of hydrogen-bond donors (Lipinski definition) is 2. The Bertz CT molecular complexity index is 684. The number of nitrogens with one attached hydrogen (secondary N) is 1. The molecule has 0 spiro atoms. The molecule has 2 aromatic carbocycles. The number of nitrogens with zero attached hydrogens (tertiary/aromatic N) is 2. The van der Waals surface area contributed by atoms with E-state index in [1.54, 1.807) is 48.5 Å². The van der Waals surface area contributed by atoms with E-state index in [0.717, 1.165) is 5.56 Å². The molecule has 0 aromatic heterocycles. The van der Waals surface area contributed by atoms with Gasteiger partial charge in [-0.25, -0.2) is 5.43 Å². The molecule has 0 saturated carbocycles. The average molecular weight is 264 g/mol. The van der Waals surface area contributed by atoms with Crippen LogP contribution in [0.3, 0.4) is 0 Å². The summed E-state index contributed by atoms with van der Waals surface area (Å²) < 4.78 is 0. The monoisotopic (exact) mass is 264 g/mol. The van der Waals surface area contributed by atoms with E-state index < -0.39 is 0 Å². The van der Waals surface area contributed by atoms with Crippen LogP contribution in [-0.2, 0) is 0 Å². The average Bonchev–Trinajstić information content (AvgIpc) is 2.48. The van der Waals surface area contributed by atoms with Gasteiger partial charge in [-0.05, 0) is 29.8 Å². The zero-order valence-electron chi connectivity index (χ0n) is 10.6. The van der Waals surface area contributed by atoms with Crippen LogP contribution in [0, 0.1) is 11.3 Å². The Balaban J connectivity index is 2.01. The standard InChI is InChI=1S/C15H12N4O/c16-9-11-5-7-12(8-6-11)10-18-19-15(20)13-3-1-2-4-14(13)17/h1-8,10H,17H2,(H,19,20). The highest BCUT2D eigenvalue weighted by Crippen LogP contribution is 2.09. The van der Waals surface area contributed by atoms with Crippen LogP contribution in [0.4, 0.5) is 5.69 Å². The fraction of sp³-hybridized carbons (Fsp3) is 0. The molecular formula is C15H12N4O. The number of carbonyl (C=O) groups is 1. The zero-order chi connectivity index (χ0) is 14.4. The van der Waals surface area contributed by atoms with Crippen LogP contribution in [0.1, 0.15) is 21.5 Å². The number of nitriles is 1. The summed E-state index contributed by atoms with van der Waals surface area (Å²) in [5, 5.41) is 12.5. The fourth-order valence-corrected chi connectivity index (χ4v) is 1.57. The lowest BCUT2D eigenvalue weighted by Gasteiger charge is -2.02. The van der Waals surface area contributed by atoms with Gasteiger partial charge in [-0.2, -0.15) is 10.4 Å². The van der Waals surface area contributed by atoms with Gasteiger partial charge in [0.15, 0.2) is 0 Å². The van der Waals surface area contributed by atoms with Gasteiger partial charge in [0.1, 0.15) is 0 Å². The summed E-state index contributed by atoms with van der Waals surface area (Å²) in [6.45, 7) is 0. The first-order valence-electron chi connectivity index (χ1n) is 5.89. The van der Waals surface area contributed by atoms with Crippen molar-refractivity contribution in [3.8, 4) is 6.07 Å². The number of para-hydroxylation sites is 1. The van der Waals surface area contributed by atoms with E-state index in [2.05, 4.69) is 10.5 Å². The van der Waals surface area contributed by atoms with Gasteiger partial charge in [-0.1, -0.05) is 24.3 Å². The second kappa shape index (κ2) is 6.16. The lowest BCUT2D eigenvalue weighted by atomic mass is 10.2. The number of nitrogens with two attached hydrogens (primary N) is 1.